The van der Waals surface area contributed by atoms with Gasteiger partial charge in [-0.05, 0) is 49.2 Å². The molecule has 2 rings (SSSR count). The number of hydrogen-bond donors (Lipinski definition) is 2. The van der Waals surface area contributed by atoms with E-state index >= 15 is 0 Å². The Morgan fingerprint density at radius 2 is 1.96 bits per heavy atom. The van der Waals surface area contributed by atoms with Crippen molar-refractivity contribution in [3.05, 3.63) is 47.7 Å². The molecule has 0 aromatic heterocycles. The lowest BCUT2D eigenvalue weighted by atomic mass is 9.70. The maximum atomic E-state index is 12.7. The minimum atomic E-state index is -0.472. The molecule has 0 bridgehead atoms. The zero-order chi connectivity index (χ0) is 20.6. The molecule has 1 aliphatic rings. The molecule has 1 aromatic rings. The molecule has 156 valence electrons. The van der Waals surface area contributed by atoms with Gasteiger partial charge in [0.15, 0.2) is 5.76 Å². The molecule has 3 atom stereocenters. The van der Waals surface area contributed by atoms with Crippen LogP contribution in [-0.2, 0) is 20.7 Å². The van der Waals surface area contributed by atoms with Gasteiger partial charge in [0, 0.05) is 25.7 Å². The first kappa shape index (κ1) is 22.4. The third-order valence-electron chi connectivity index (χ3n) is 5.18. The molecule has 2 N–H and O–H groups in total. The number of benzene rings is 1. The Kier molecular flexibility index (Phi) is 8.52. The predicted octanol–water partition coefficient (Wildman–Crippen LogP) is 3.67. The van der Waals surface area contributed by atoms with Crippen LogP contribution in [0.25, 0.3) is 0 Å². The lowest BCUT2D eigenvalue weighted by Gasteiger charge is -2.42. The first-order valence-corrected chi connectivity index (χ1v) is 10.3. The SMILES string of the molecule is CCO[C@@H]1OC(C(=O)NCCc2ccccc2)=C[C@H](C(C)(C)C)[C@H]1CCCO. The summed E-state index contributed by atoms with van der Waals surface area (Å²) < 4.78 is 11.8. The minimum absolute atomic E-state index is 0.0468. The molecular formula is C23H35NO4. The smallest absolute Gasteiger partial charge is 0.286 e. The van der Waals surface area contributed by atoms with Crippen LogP contribution in [0.3, 0.4) is 0 Å². The van der Waals surface area contributed by atoms with Gasteiger partial charge in [-0.1, -0.05) is 51.1 Å². The molecular weight excluding hydrogens is 354 g/mol. The third kappa shape index (κ3) is 6.35. The van der Waals surface area contributed by atoms with Gasteiger partial charge < -0.3 is 19.9 Å². The maximum absolute atomic E-state index is 12.7. The molecule has 0 radical (unpaired) electrons. The van der Waals surface area contributed by atoms with Crippen LogP contribution in [0.5, 0.6) is 0 Å². The van der Waals surface area contributed by atoms with Crippen LogP contribution in [0.1, 0.15) is 46.1 Å². The van der Waals surface area contributed by atoms with Crippen molar-refractivity contribution in [1.82, 2.24) is 5.32 Å². The average Bonchev–Trinajstić information content (AvgIpc) is 2.66. The molecule has 0 fully saturated rings. The number of amides is 1. The van der Waals surface area contributed by atoms with E-state index in [0.717, 1.165) is 12.8 Å². The van der Waals surface area contributed by atoms with E-state index in [1.54, 1.807) is 0 Å². The number of rotatable bonds is 9. The zero-order valence-electron chi connectivity index (χ0n) is 17.6. The third-order valence-corrected chi connectivity index (χ3v) is 5.18. The molecule has 0 spiro atoms. The molecule has 0 aliphatic carbocycles. The van der Waals surface area contributed by atoms with E-state index in [2.05, 4.69) is 38.2 Å². The summed E-state index contributed by atoms with van der Waals surface area (Å²) in [5.74, 6) is 0.370. The van der Waals surface area contributed by atoms with Crippen LogP contribution in [0, 0.1) is 17.3 Å². The highest BCUT2D eigenvalue weighted by Crippen LogP contribution is 2.42. The quantitative estimate of drug-likeness (QED) is 0.676. The number of hydrogen-bond acceptors (Lipinski definition) is 4. The van der Waals surface area contributed by atoms with Gasteiger partial charge in [-0.25, -0.2) is 0 Å². The van der Waals surface area contributed by atoms with E-state index in [0.29, 0.717) is 25.3 Å². The van der Waals surface area contributed by atoms with Crippen molar-refractivity contribution >= 4 is 5.91 Å². The van der Waals surface area contributed by atoms with E-state index in [-0.39, 0.29) is 29.8 Å². The Labute approximate surface area is 169 Å². The average molecular weight is 390 g/mol. The molecule has 1 aliphatic heterocycles. The summed E-state index contributed by atoms with van der Waals surface area (Å²) in [7, 11) is 0. The summed E-state index contributed by atoms with van der Waals surface area (Å²) in [6.45, 7) is 9.63. The van der Waals surface area contributed by atoms with E-state index in [1.165, 1.54) is 5.56 Å². The first-order chi connectivity index (χ1) is 13.4. The number of ether oxygens (including phenoxy) is 2. The predicted molar refractivity (Wildman–Crippen MR) is 110 cm³/mol. The molecule has 0 unspecified atom stereocenters. The molecule has 0 saturated heterocycles. The van der Waals surface area contributed by atoms with Gasteiger partial charge in [0.2, 0.25) is 6.29 Å². The number of nitrogens with one attached hydrogen (secondary N) is 1. The van der Waals surface area contributed by atoms with Crippen LogP contribution in [-0.4, -0.2) is 37.1 Å². The van der Waals surface area contributed by atoms with Crippen LogP contribution in [0.4, 0.5) is 0 Å². The standard InChI is InChI=1S/C23H35NO4/c1-5-27-22-18(12-9-15-25)19(23(2,3)4)16-20(28-22)21(26)24-14-13-17-10-7-6-8-11-17/h6-8,10-11,16,18-19,22,25H,5,9,12-15H2,1-4H3,(H,24,26)/t18-,19+,22-/m1/s1. The van der Waals surface area contributed by atoms with Crippen molar-refractivity contribution in [3.63, 3.8) is 0 Å². The molecule has 28 heavy (non-hydrogen) atoms. The lowest BCUT2D eigenvalue weighted by molar-refractivity contribution is -0.179. The van der Waals surface area contributed by atoms with E-state index < -0.39 is 6.29 Å². The van der Waals surface area contributed by atoms with Crippen LogP contribution in [0.2, 0.25) is 0 Å². The second-order valence-electron chi connectivity index (χ2n) is 8.39. The van der Waals surface area contributed by atoms with Gasteiger partial charge in [0.05, 0.1) is 0 Å². The van der Waals surface area contributed by atoms with Gasteiger partial charge in [-0.15, -0.1) is 0 Å². The number of aliphatic hydroxyl groups is 1. The summed E-state index contributed by atoms with van der Waals surface area (Å²) in [5.41, 5.74) is 1.14. The van der Waals surface area contributed by atoms with Crippen LogP contribution in [0.15, 0.2) is 42.2 Å². The monoisotopic (exact) mass is 389 g/mol. The Morgan fingerprint density at radius 1 is 1.25 bits per heavy atom. The normalized spacial score (nSPS) is 22.3. The Bertz CT molecular complexity index is 636. The number of carbonyl (C=O) groups excluding carboxylic acids is 1. The van der Waals surface area contributed by atoms with Crippen molar-refractivity contribution < 1.29 is 19.4 Å². The molecule has 5 heteroatoms. The highest BCUT2D eigenvalue weighted by molar-refractivity contribution is 5.91. The highest BCUT2D eigenvalue weighted by atomic mass is 16.7. The zero-order valence-corrected chi connectivity index (χ0v) is 17.6. The van der Waals surface area contributed by atoms with Crippen LogP contribution < -0.4 is 5.32 Å². The van der Waals surface area contributed by atoms with E-state index in [1.807, 2.05) is 31.2 Å². The maximum Gasteiger partial charge on any atom is 0.286 e. The number of carbonyl (C=O) groups is 1. The minimum Gasteiger partial charge on any atom is -0.459 e. The summed E-state index contributed by atoms with van der Waals surface area (Å²) in [5, 5.41) is 12.2. The summed E-state index contributed by atoms with van der Waals surface area (Å²) in [4.78, 5) is 12.7. The van der Waals surface area contributed by atoms with E-state index in [9.17, 15) is 9.90 Å². The second kappa shape index (κ2) is 10.6. The van der Waals surface area contributed by atoms with Crippen LogP contribution >= 0.6 is 0 Å². The number of allylic oxidation sites excluding steroid dienone is 1. The fraction of sp³-hybridized carbons (Fsp3) is 0.609. The largest absolute Gasteiger partial charge is 0.459 e. The fourth-order valence-corrected chi connectivity index (χ4v) is 3.75. The van der Waals surface area contributed by atoms with Gasteiger partial charge >= 0.3 is 0 Å². The molecule has 1 amide bonds. The molecule has 5 nitrogen and oxygen atoms in total. The van der Waals surface area contributed by atoms with Gasteiger partial charge in [0.25, 0.3) is 5.91 Å². The van der Waals surface area contributed by atoms with Gasteiger partial charge in [-0.3, -0.25) is 4.79 Å². The summed E-state index contributed by atoms with van der Waals surface area (Å²) >= 11 is 0. The van der Waals surface area contributed by atoms with Crippen molar-refractivity contribution in [2.45, 2.75) is 53.2 Å². The Hall–Kier alpha value is -1.85. The number of aliphatic hydroxyl groups excluding tert-OH is 1. The van der Waals surface area contributed by atoms with Crippen molar-refractivity contribution in [2.24, 2.45) is 17.3 Å². The highest BCUT2D eigenvalue weighted by Gasteiger charge is 2.42. The van der Waals surface area contributed by atoms with Gasteiger partial charge in [0.1, 0.15) is 0 Å². The fourth-order valence-electron chi connectivity index (χ4n) is 3.75. The topological polar surface area (TPSA) is 67.8 Å². The van der Waals surface area contributed by atoms with Crippen molar-refractivity contribution in [3.8, 4) is 0 Å². The summed E-state index contributed by atoms with van der Waals surface area (Å²) in [6, 6.07) is 10.1. The first-order valence-electron chi connectivity index (χ1n) is 10.3. The second-order valence-corrected chi connectivity index (χ2v) is 8.39. The Balaban J connectivity index is 2.10. The molecule has 1 aromatic carbocycles. The lowest BCUT2D eigenvalue weighted by Crippen LogP contribution is -2.43. The van der Waals surface area contributed by atoms with Crippen molar-refractivity contribution in [2.75, 3.05) is 19.8 Å². The Morgan fingerprint density at radius 3 is 2.57 bits per heavy atom. The van der Waals surface area contributed by atoms with Gasteiger partial charge in [-0.2, -0.15) is 0 Å². The molecule has 1 heterocycles. The molecule has 0 saturated carbocycles. The van der Waals surface area contributed by atoms with Crippen molar-refractivity contribution in [1.29, 1.82) is 0 Å². The van der Waals surface area contributed by atoms with E-state index in [4.69, 9.17) is 9.47 Å². The summed E-state index contributed by atoms with van der Waals surface area (Å²) in [6.07, 6.45) is 3.74.